The summed E-state index contributed by atoms with van der Waals surface area (Å²) < 4.78 is 0. The molecule has 0 saturated heterocycles. The predicted molar refractivity (Wildman–Crippen MR) is 57.6 cm³/mol. The Bertz CT molecular complexity index is 170. The largest absolute Gasteiger partial charge is 0.369 e. The average molecular weight is 184 g/mol. The van der Waals surface area contributed by atoms with E-state index in [1.165, 1.54) is 12.8 Å². The number of nitrogens with two attached hydrogens (primary N) is 2. The number of nitrogens with zero attached hydrogens (tertiary/aromatic N) is 2. The van der Waals surface area contributed by atoms with Crippen LogP contribution in [0.4, 0.5) is 0 Å². The van der Waals surface area contributed by atoms with Crippen molar-refractivity contribution in [3.8, 4) is 0 Å². The van der Waals surface area contributed by atoms with Gasteiger partial charge in [-0.05, 0) is 18.8 Å². The second-order valence-corrected chi connectivity index (χ2v) is 3.10. The third-order valence-electron chi connectivity index (χ3n) is 1.90. The maximum atomic E-state index is 5.13. The van der Waals surface area contributed by atoms with Crippen molar-refractivity contribution < 1.29 is 0 Å². The first kappa shape index (κ1) is 11.9. The van der Waals surface area contributed by atoms with Crippen molar-refractivity contribution in [2.75, 3.05) is 0 Å². The third kappa shape index (κ3) is 7.31. The molecular formula is C9H20N4. The molecule has 0 aliphatic heterocycles. The first-order chi connectivity index (χ1) is 6.20. The van der Waals surface area contributed by atoms with Gasteiger partial charge in [-0.2, -0.15) is 5.10 Å². The van der Waals surface area contributed by atoms with Crippen LogP contribution in [-0.2, 0) is 0 Å². The SMILES string of the molecule is CCCC[C@H](/C=N/N=C(N)N)CC. The Balaban J connectivity index is 3.82. The molecular weight excluding hydrogens is 164 g/mol. The molecule has 76 valence electrons. The van der Waals surface area contributed by atoms with Crippen molar-refractivity contribution in [2.24, 2.45) is 27.6 Å². The van der Waals surface area contributed by atoms with Crippen LogP contribution in [0.15, 0.2) is 10.2 Å². The first-order valence-corrected chi connectivity index (χ1v) is 4.82. The Morgan fingerprint density at radius 2 is 2.08 bits per heavy atom. The number of rotatable bonds is 6. The fourth-order valence-corrected chi connectivity index (χ4v) is 1.04. The summed E-state index contributed by atoms with van der Waals surface area (Å²) in [6.07, 6.45) is 6.52. The molecule has 0 saturated carbocycles. The molecule has 0 aliphatic rings. The van der Waals surface area contributed by atoms with E-state index >= 15 is 0 Å². The zero-order valence-corrected chi connectivity index (χ0v) is 8.53. The summed E-state index contributed by atoms with van der Waals surface area (Å²) >= 11 is 0. The lowest BCUT2D eigenvalue weighted by atomic mass is 10.0. The molecule has 0 fully saturated rings. The van der Waals surface area contributed by atoms with Gasteiger partial charge in [-0.1, -0.05) is 26.7 Å². The molecule has 0 aromatic rings. The molecule has 0 aromatic carbocycles. The normalized spacial score (nSPS) is 13.1. The molecule has 0 aromatic heterocycles. The fraction of sp³-hybridized carbons (Fsp3) is 0.778. The van der Waals surface area contributed by atoms with Crippen LogP contribution in [0, 0.1) is 5.92 Å². The molecule has 0 radical (unpaired) electrons. The van der Waals surface area contributed by atoms with Crippen molar-refractivity contribution in [3.05, 3.63) is 0 Å². The standard InChI is InChI=1S/C9H20N4/c1-3-5-6-8(4-2)7-12-13-9(10)11/h7-8H,3-6H2,1-2H3,(H4,10,11,13)/b12-7+/t8-/m1/s1. The summed E-state index contributed by atoms with van der Waals surface area (Å²) in [6.45, 7) is 4.32. The highest BCUT2D eigenvalue weighted by Crippen LogP contribution is 2.09. The number of guanidine groups is 1. The van der Waals surface area contributed by atoms with Crippen molar-refractivity contribution in [1.29, 1.82) is 0 Å². The summed E-state index contributed by atoms with van der Waals surface area (Å²) in [4.78, 5) is 0. The van der Waals surface area contributed by atoms with Gasteiger partial charge in [0.25, 0.3) is 0 Å². The van der Waals surface area contributed by atoms with Gasteiger partial charge in [0.15, 0.2) is 0 Å². The van der Waals surface area contributed by atoms with Gasteiger partial charge in [0.2, 0.25) is 5.96 Å². The fourth-order valence-electron chi connectivity index (χ4n) is 1.04. The second-order valence-electron chi connectivity index (χ2n) is 3.10. The van der Waals surface area contributed by atoms with E-state index in [1.807, 2.05) is 6.21 Å². The molecule has 4 heteroatoms. The molecule has 0 bridgehead atoms. The summed E-state index contributed by atoms with van der Waals surface area (Å²) in [5.41, 5.74) is 10.3. The molecule has 0 amide bonds. The minimum atomic E-state index is 0.0154. The van der Waals surface area contributed by atoms with Crippen LogP contribution in [0.5, 0.6) is 0 Å². The van der Waals surface area contributed by atoms with Crippen molar-refractivity contribution in [3.63, 3.8) is 0 Å². The maximum Gasteiger partial charge on any atom is 0.211 e. The van der Waals surface area contributed by atoms with E-state index in [0.29, 0.717) is 5.92 Å². The Kier molecular flexibility index (Phi) is 6.96. The van der Waals surface area contributed by atoms with E-state index in [9.17, 15) is 0 Å². The van der Waals surface area contributed by atoms with Crippen LogP contribution in [0.25, 0.3) is 0 Å². The third-order valence-corrected chi connectivity index (χ3v) is 1.90. The zero-order valence-electron chi connectivity index (χ0n) is 8.53. The Morgan fingerprint density at radius 3 is 2.54 bits per heavy atom. The van der Waals surface area contributed by atoms with Crippen LogP contribution in [0.2, 0.25) is 0 Å². The minimum absolute atomic E-state index is 0.0154. The predicted octanol–water partition coefficient (Wildman–Crippen LogP) is 1.46. The Hall–Kier alpha value is -1.06. The van der Waals surface area contributed by atoms with Gasteiger partial charge >= 0.3 is 0 Å². The number of hydrogen-bond acceptors (Lipinski definition) is 2. The van der Waals surface area contributed by atoms with Gasteiger partial charge in [0.1, 0.15) is 0 Å². The van der Waals surface area contributed by atoms with E-state index in [2.05, 4.69) is 24.1 Å². The molecule has 0 rings (SSSR count). The van der Waals surface area contributed by atoms with E-state index in [1.54, 1.807) is 0 Å². The molecule has 4 nitrogen and oxygen atoms in total. The quantitative estimate of drug-likeness (QED) is 0.372. The lowest BCUT2D eigenvalue weighted by Crippen LogP contribution is -2.21. The summed E-state index contributed by atoms with van der Waals surface area (Å²) in [6, 6.07) is 0. The Labute approximate surface area is 80.1 Å². The molecule has 0 aliphatic carbocycles. The van der Waals surface area contributed by atoms with E-state index in [-0.39, 0.29) is 5.96 Å². The molecule has 0 spiro atoms. The zero-order chi connectivity index (χ0) is 10.1. The summed E-state index contributed by atoms with van der Waals surface area (Å²) in [5.74, 6) is 0.518. The summed E-state index contributed by atoms with van der Waals surface area (Å²) in [5, 5.41) is 7.37. The average Bonchev–Trinajstić information content (AvgIpc) is 2.10. The van der Waals surface area contributed by atoms with E-state index in [0.717, 1.165) is 12.8 Å². The van der Waals surface area contributed by atoms with Crippen LogP contribution >= 0.6 is 0 Å². The molecule has 0 unspecified atom stereocenters. The van der Waals surface area contributed by atoms with Gasteiger partial charge in [-0.3, -0.25) is 0 Å². The topological polar surface area (TPSA) is 76.8 Å². The highest BCUT2D eigenvalue weighted by atomic mass is 15.3. The molecule has 1 atom stereocenters. The van der Waals surface area contributed by atoms with Crippen LogP contribution in [0.1, 0.15) is 39.5 Å². The summed E-state index contributed by atoms with van der Waals surface area (Å²) in [7, 11) is 0. The van der Waals surface area contributed by atoms with Crippen LogP contribution < -0.4 is 11.5 Å². The number of unbranched alkanes of at least 4 members (excludes halogenated alkanes) is 1. The van der Waals surface area contributed by atoms with E-state index in [4.69, 9.17) is 11.5 Å². The highest BCUT2D eigenvalue weighted by Gasteiger charge is 2.00. The van der Waals surface area contributed by atoms with Crippen molar-refractivity contribution >= 4 is 12.2 Å². The maximum absolute atomic E-state index is 5.13. The van der Waals surface area contributed by atoms with Crippen LogP contribution in [-0.4, -0.2) is 12.2 Å². The first-order valence-electron chi connectivity index (χ1n) is 4.82. The lowest BCUT2D eigenvalue weighted by Gasteiger charge is -2.06. The van der Waals surface area contributed by atoms with Crippen molar-refractivity contribution in [2.45, 2.75) is 39.5 Å². The lowest BCUT2D eigenvalue weighted by molar-refractivity contribution is 0.575. The highest BCUT2D eigenvalue weighted by molar-refractivity contribution is 5.76. The van der Waals surface area contributed by atoms with Crippen molar-refractivity contribution in [1.82, 2.24) is 0 Å². The van der Waals surface area contributed by atoms with Gasteiger partial charge in [-0.15, -0.1) is 5.10 Å². The molecule has 0 heterocycles. The Morgan fingerprint density at radius 1 is 1.38 bits per heavy atom. The van der Waals surface area contributed by atoms with Crippen LogP contribution in [0.3, 0.4) is 0 Å². The second kappa shape index (κ2) is 7.58. The van der Waals surface area contributed by atoms with Gasteiger partial charge < -0.3 is 11.5 Å². The molecule has 4 N–H and O–H groups in total. The van der Waals surface area contributed by atoms with E-state index < -0.39 is 0 Å². The molecule has 13 heavy (non-hydrogen) atoms. The van der Waals surface area contributed by atoms with Gasteiger partial charge in [0.05, 0.1) is 0 Å². The van der Waals surface area contributed by atoms with Gasteiger partial charge in [0, 0.05) is 6.21 Å². The number of hydrogen-bond donors (Lipinski definition) is 2. The smallest absolute Gasteiger partial charge is 0.211 e. The van der Waals surface area contributed by atoms with Gasteiger partial charge in [-0.25, -0.2) is 0 Å². The minimum Gasteiger partial charge on any atom is -0.369 e. The monoisotopic (exact) mass is 184 g/mol.